The highest BCUT2D eigenvalue weighted by Gasteiger charge is 2.42. The van der Waals surface area contributed by atoms with Gasteiger partial charge < -0.3 is 24.9 Å². The van der Waals surface area contributed by atoms with Gasteiger partial charge in [0.15, 0.2) is 0 Å². The van der Waals surface area contributed by atoms with Gasteiger partial charge in [0.25, 0.3) is 0 Å². The number of amides is 4. The van der Waals surface area contributed by atoms with Crippen LogP contribution < -0.4 is 5.32 Å². The van der Waals surface area contributed by atoms with Gasteiger partial charge in [0.2, 0.25) is 23.6 Å². The van der Waals surface area contributed by atoms with Gasteiger partial charge in [-0.1, -0.05) is 47.1 Å². The van der Waals surface area contributed by atoms with Crippen molar-refractivity contribution in [3.05, 3.63) is 11.6 Å². The number of likely N-dealkylation sites (tertiary alicyclic amines) is 4. The molecule has 0 spiro atoms. The van der Waals surface area contributed by atoms with Crippen LogP contribution in [-0.4, -0.2) is 131 Å². The third-order valence-electron chi connectivity index (χ3n) is 11.3. The Morgan fingerprint density at radius 3 is 2.04 bits per heavy atom. The van der Waals surface area contributed by atoms with Gasteiger partial charge >= 0.3 is 0 Å². The Hall–Kier alpha value is -2.46. The standard InChI is InChI=1S/C38H66N6O4/c1-26(2)32(40(9)37(48)33(38(6,7)8)39-34(45)30-17-10-11-21-42(30)27(3)4)24-28(5)35(46)44-23-15-18-31(44)36(47)43-22-14-16-29(43)25-41-19-12-13-20-41/h24,26-27,29-33H,10-23,25H2,1-9H3,(H,39,45)/b28-24+/t29-,30+,31?,32+,33?/m0/s1. The largest absolute Gasteiger partial charge is 0.342 e. The third-order valence-corrected chi connectivity index (χ3v) is 11.3. The monoisotopic (exact) mass is 671 g/mol. The molecule has 4 saturated heterocycles. The second-order valence-corrected chi connectivity index (χ2v) is 16.7. The summed E-state index contributed by atoms with van der Waals surface area (Å²) in [5, 5.41) is 3.17. The van der Waals surface area contributed by atoms with E-state index in [1.807, 2.05) is 47.6 Å². The Morgan fingerprint density at radius 1 is 0.812 bits per heavy atom. The minimum atomic E-state index is -0.717. The highest BCUT2D eigenvalue weighted by molar-refractivity contribution is 5.97. The first kappa shape index (κ1) is 38.3. The number of hydrogen-bond donors (Lipinski definition) is 1. The van der Waals surface area contributed by atoms with E-state index in [0.717, 1.165) is 71.2 Å². The van der Waals surface area contributed by atoms with Crippen molar-refractivity contribution in [2.45, 2.75) is 149 Å². The Morgan fingerprint density at radius 2 is 1.42 bits per heavy atom. The summed E-state index contributed by atoms with van der Waals surface area (Å²) in [6.07, 6.45) is 10.8. The summed E-state index contributed by atoms with van der Waals surface area (Å²) in [6.45, 7) is 21.5. The predicted molar refractivity (Wildman–Crippen MR) is 191 cm³/mol. The molecule has 10 heteroatoms. The second kappa shape index (κ2) is 16.5. The van der Waals surface area contributed by atoms with E-state index in [-0.39, 0.29) is 53.7 Å². The lowest BCUT2D eigenvalue weighted by atomic mass is 9.84. The van der Waals surface area contributed by atoms with Crippen molar-refractivity contribution in [2.75, 3.05) is 46.3 Å². The normalized spacial score (nSPS) is 26.0. The zero-order chi connectivity index (χ0) is 35.3. The molecular formula is C38H66N6O4. The van der Waals surface area contributed by atoms with Crippen LogP contribution in [0.2, 0.25) is 0 Å². The van der Waals surface area contributed by atoms with E-state index < -0.39 is 17.5 Å². The van der Waals surface area contributed by atoms with Gasteiger partial charge in [0.05, 0.1) is 12.1 Å². The van der Waals surface area contributed by atoms with Gasteiger partial charge in [-0.3, -0.25) is 24.1 Å². The van der Waals surface area contributed by atoms with Crippen LogP contribution in [0.1, 0.15) is 113 Å². The highest BCUT2D eigenvalue weighted by atomic mass is 16.2. The van der Waals surface area contributed by atoms with Crippen molar-refractivity contribution in [1.82, 2.24) is 29.8 Å². The smallest absolute Gasteiger partial charge is 0.249 e. The number of carbonyl (C=O) groups excluding carboxylic acids is 4. The van der Waals surface area contributed by atoms with Crippen molar-refractivity contribution in [3.63, 3.8) is 0 Å². The summed E-state index contributed by atoms with van der Waals surface area (Å²) in [5.41, 5.74) is 0.0361. The number of hydrogen-bond acceptors (Lipinski definition) is 6. The molecule has 4 fully saturated rings. The Bertz CT molecular complexity index is 1170. The number of rotatable bonds is 11. The van der Waals surface area contributed by atoms with Crippen molar-refractivity contribution in [2.24, 2.45) is 11.3 Å². The lowest BCUT2D eigenvalue weighted by Crippen LogP contribution is -2.60. The van der Waals surface area contributed by atoms with Gasteiger partial charge in [0.1, 0.15) is 12.1 Å². The molecule has 0 aliphatic carbocycles. The summed E-state index contributed by atoms with van der Waals surface area (Å²) in [4.78, 5) is 66.1. The van der Waals surface area contributed by atoms with Crippen molar-refractivity contribution < 1.29 is 19.2 Å². The third kappa shape index (κ3) is 9.01. The molecule has 4 heterocycles. The molecule has 4 aliphatic rings. The summed E-state index contributed by atoms with van der Waals surface area (Å²) in [7, 11) is 1.78. The SMILES string of the molecule is C/C(=C\[C@H](C(C)C)N(C)C(=O)C(NC(=O)[C@H]1CCCCN1C(C)C)C(C)(C)C)C(=O)N1CCCC1C(=O)N1CCC[C@H]1CN1CCCC1. The molecule has 4 rings (SSSR count). The summed E-state index contributed by atoms with van der Waals surface area (Å²) >= 11 is 0. The van der Waals surface area contributed by atoms with E-state index in [4.69, 9.17) is 0 Å². The van der Waals surface area contributed by atoms with E-state index in [0.29, 0.717) is 18.5 Å². The van der Waals surface area contributed by atoms with Gasteiger partial charge in [-0.2, -0.15) is 0 Å². The Balaban J connectivity index is 1.47. The predicted octanol–water partition coefficient (Wildman–Crippen LogP) is 4.29. The fourth-order valence-electron chi connectivity index (χ4n) is 8.43. The van der Waals surface area contributed by atoms with Crippen LogP contribution in [0.3, 0.4) is 0 Å². The van der Waals surface area contributed by atoms with E-state index in [1.54, 1.807) is 16.8 Å². The Kier molecular flexibility index (Phi) is 13.2. The second-order valence-electron chi connectivity index (χ2n) is 16.7. The lowest BCUT2D eigenvalue weighted by molar-refractivity contribution is -0.143. The average molecular weight is 671 g/mol. The van der Waals surface area contributed by atoms with Gasteiger partial charge in [-0.05, 0) is 103 Å². The van der Waals surface area contributed by atoms with E-state index in [1.165, 1.54) is 12.8 Å². The van der Waals surface area contributed by atoms with Crippen LogP contribution in [0.5, 0.6) is 0 Å². The van der Waals surface area contributed by atoms with Crippen LogP contribution in [0.4, 0.5) is 0 Å². The van der Waals surface area contributed by atoms with E-state index in [9.17, 15) is 19.2 Å². The van der Waals surface area contributed by atoms with Crippen molar-refractivity contribution in [3.8, 4) is 0 Å². The van der Waals surface area contributed by atoms with E-state index in [2.05, 4.69) is 33.9 Å². The molecule has 0 aromatic heterocycles. The molecule has 0 aromatic carbocycles. The summed E-state index contributed by atoms with van der Waals surface area (Å²) in [6, 6.07) is -1.26. The lowest BCUT2D eigenvalue weighted by Gasteiger charge is -2.41. The van der Waals surface area contributed by atoms with Crippen molar-refractivity contribution in [1.29, 1.82) is 0 Å². The minimum Gasteiger partial charge on any atom is -0.342 e. The summed E-state index contributed by atoms with van der Waals surface area (Å²) < 4.78 is 0. The zero-order valence-electron chi connectivity index (χ0n) is 31.6. The molecule has 0 bridgehead atoms. The molecule has 1 N–H and O–H groups in total. The molecule has 4 amide bonds. The Labute approximate surface area is 291 Å². The maximum Gasteiger partial charge on any atom is 0.249 e. The van der Waals surface area contributed by atoms with Gasteiger partial charge in [-0.15, -0.1) is 0 Å². The quantitative estimate of drug-likeness (QED) is 0.330. The van der Waals surface area contributed by atoms with Crippen molar-refractivity contribution >= 4 is 23.6 Å². The highest BCUT2D eigenvalue weighted by Crippen LogP contribution is 2.29. The molecule has 2 unspecified atom stereocenters. The maximum absolute atomic E-state index is 14.2. The molecule has 48 heavy (non-hydrogen) atoms. The molecule has 0 radical (unpaired) electrons. The van der Waals surface area contributed by atoms with Crippen LogP contribution in [0.25, 0.3) is 0 Å². The molecule has 4 aliphatic heterocycles. The minimum absolute atomic E-state index is 0.0275. The van der Waals surface area contributed by atoms with Gasteiger partial charge in [-0.25, -0.2) is 0 Å². The average Bonchev–Trinajstić information content (AvgIpc) is 3.83. The maximum atomic E-state index is 14.2. The topological polar surface area (TPSA) is 96.5 Å². The first-order chi connectivity index (χ1) is 22.6. The van der Waals surface area contributed by atoms with Crippen LogP contribution >= 0.6 is 0 Å². The molecule has 0 aromatic rings. The van der Waals surface area contributed by atoms with Crippen LogP contribution in [0.15, 0.2) is 11.6 Å². The number of nitrogens with one attached hydrogen (secondary N) is 1. The van der Waals surface area contributed by atoms with E-state index >= 15 is 0 Å². The summed E-state index contributed by atoms with van der Waals surface area (Å²) in [5.74, 6) is -0.247. The molecule has 0 saturated carbocycles. The molecule has 5 atom stereocenters. The van der Waals surface area contributed by atoms with Gasteiger partial charge in [0, 0.05) is 44.3 Å². The number of piperidine rings is 1. The van der Waals surface area contributed by atoms with Crippen LogP contribution in [-0.2, 0) is 19.2 Å². The number of carbonyl (C=O) groups is 4. The number of likely N-dealkylation sites (N-methyl/N-ethyl adjacent to an activating group) is 1. The zero-order valence-corrected chi connectivity index (χ0v) is 31.6. The fraction of sp³-hybridized carbons (Fsp3) is 0.842. The first-order valence-corrected chi connectivity index (χ1v) is 19.0. The van der Waals surface area contributed by atoms with Crippen LogP contribution in [0, 0.1) is 11.3 Å². The number of nitrogens with zero attached hydrogens (tertiary/aromatic N) is 5. The first-order valence-electron chi connectivity index (χ1n) is 19.0. The molecule has 10 nitrogen and oxygen atoms in total. The molecular weight excluding hydrogens is 604 g/mol. The fourth-order valence-corrected chi connectivity index (χ4v) is 8.43. The molecule has 272 valence electrons.